The molecule has 0 bridgehead atoms. The fourth-order valence-electron chi connectivity index (χ4n) is 2.00. The van der Waals surface area contributed by atoms with Gasteiger partial charge in [-0.15, -0.1) is 0 Å². The summed E-state index contributed by atoms with van der Waals surface area (Å²) in [7, 11) is 0. The van der Waals surface area contributed by atoms with Crippen molar-refractivity contribution in [1.82, 2.24) is 0 Å². The van der Waals surface area contributed by atoms with Crippen LogP contribution in [0.3, 0.4) is 0 Å². The highest BCUT2D eigenvalue weighted by Crippen LogP contribution is 2.26. The van der Waals surface area contributed by atoms with Crippen molar-refractivity contribution in [2.24, 2.45) is 5.73 Å². The molecule has 2 N–H and O–H groups in total. The van der Waals surface area contributed by atoms with Crippen LogP contribution in [0.15, 0.2) is 42.5 Å². The second-order valence-electron chi connectivity index (χ2n) is 4.31. The maximum atomic E-state index is 5.69. The Morgan fingerprint density at radius 2 is 1.78 bits per heavy atom. The number of hydrogen-bond acceptors (Lipinski definition) is 2. The molecule has 0 amide bonds. The minimum Gasteiger partial charge on any atom is -0.494 e. The van der Waals surface area contributed by atoms with E-state index < -0.39 is 0 Å². The van der Waals surface area contributed by atoms with E-state index in [1.165, 1.54) is 16.7 Å². The van der Waals surface area contributed by atoms with Gasteiger partial charge >= 0.3 is 0 Å². The molecule has 94 valence electrons. The second kappa shape index (κ2) is 5.69. The molecule has 0 atom stereocenters. The second-order valence-corrected chi connectivity index (χ2v) is 4.31. The van der Waals surface area contributed by atoms with Gasteiger partial charge in [-0.05, 0) is 54.3 Å². The maximum Gasteiger partial charge on any atom is 0.119 e. The molecule has 2 rings (SSSR count). The summed E-state index contributed by atoms with van der Waals surface area (Å²) >= 11 is 0. The first-order valence-corrected chi connectivity index (χ1v) is 6.27. The Bertz CT molecular complexity index is 517. The van der Waals surface area contributed by atoms with Gasteiger partial charge in [-0.2, -0.15) is 0 Å². The molecule has 0 heterocycles. The third-order valence-corrected chi connectivity index (χ3v) is 3.01. The predicted molar refractivity (Wildman–Crippen MR) is 75.7 cm³/mol. The van der Waals surface area contributed by atoms with Crippen molar-refractivity contribution < 1.29 is 4.74 Å². The number of ether oxygens (including phenoxy) is 1. The van der Waals surface area contributed by atoms with Crippen molar-refractivity contribution in [3.63, 3.8) is 0 Å². The third-order valence-electron chi connectivity index (χ3n) is 3.01. The Hall–Kier alpha value is -1.80. The standard InChI is InChI=1S/C16H19NO/c1-3-18-15-8-6-14(7-9-15)16-10-13(11-17)5-4-12(16)2/h4-10H,3,11,17H2,1-2H3. The smallest absolute Gasteiger partial charge is 0.119 e. The van der Waals surface area contributed by atoms with Gasteiger partial charge in [-0.3, -0.25) is 0 Å². The lowest BCUT2D eigenvalue weighted by molar-refractivity contribution is 0.340. The molecule has 0 aliphatic heterocycles. The average molecular weight is 241 g/mol. The molecule has 2 aromatic carbocycles. The van der Waals surface area contributed by atoms with Crippen molar-refractivity contribution in [1.29, 1.82) is 0 Å². The lowest BCUT2D eigenvalue weighted by atomic mass is 9.98. The van der Waals surface area contributed by atoms with E-state index in [0.29, 0.717) is 13.2 Å². The van der Waals surface area contributed by atoms with Gasteiger partial charge in [0.05, 0.1) is 6.61 Å². The maximum absolute atomic E-state index is 5.69. The van der Waals surface area contributed by atoms with Crippen LogP contribution in [0.2, 0.25) is 0 Å². The van der Waals surface area contributed by atoms with Gasteiger partial charge in [-0.1, -0.05) is 24.3 Å². The molecule has 0 saturated carbocycles. The summed E-state index contributed by atoms with van der Waals surface area (Å²) in [5.74, 6) is 0.911. The molecule has 2 aromatic rings. The van der Waals surface area contributed by atoms with Crippen molar-refractivity contribution in [3.05, 3.63) is 53.6 Å². The molecule has 2 heteroatoms. The number of benzene rings is 2. The van der Waals surface area contributed by atoms with Crippen LogP contribution in [0, 0.1) is 6.92 Å². The zero-order valence-corrected chi connectivity index (χ0v) is 10.9. The van der Waals surface area contributed by atoms with Crippen LogP contribution in [-0.2, 0) is 6.54 Å². The molecule has 0 fully saturated rings. The fourth-order valence-corrected chi connectivity index (χ4v) is 2.00. The molecule has 0 spiro atoms. The summed E-state index contributed by atoms with van der Waals surface area (Å²) in [4.78, 5) is 0. The Balaban J connectivity index is 2.35. The highest BCUT2D eigenvalue weighted by molar-refractivity contribution is 5.68. The quantitative estimate of drug-likeness (QED) is 0.889. The number of aryl methyl sites for hydroxylation is 1. The molecular weight excluding hydrogens is 222 g/mol. The van der Waals surface area contributed by atoms with Crippen molar-refractivity contribution in [2.75, 3.05) is 6.61 Å². The Kier molecular flexibility index (Phi) is 4.00. The summed E-state index contributed by atoms with van der Waals surface area (Å²) in [5.41, 5.74) is 10.5. The molecule has 0 unspecified atom stereocenters. The molecule has 0 aliphatic rings. The molecule has 0 aliphatic carbocycles. The average Bonchev–Trinajstić information content (AvgIpc) is 2.41. The van der Waals surface area contributed by atoms with Crippen LogP contribution in [-0.4, -0.2) is 6.61 Å². The zero-order valence-electron chi connectivity index (χ0n) is 10.9. The first-order valence-electron chi connectivity index (χ1n) is 6.27. The van der Waals surface area contributed by atoms with Crippen LogP contribution in [0.4, 0.5) is 0 Å². The van der Waals surface area contributed by atoms with Gasteiger partial charge in [-0.25, -0.2) is 0 Å². The number of rotatable bonds is 4. The van der Waals surface area contributed by atoms with E-state index in [4.69, 9.17) is 10.5 Å². The number of nitrogens with two attached hydrogens (primary N) is 1. The van der Waals surface area contributed by atoms with Crippen LogP contribution < -0.4 is 10.5 Å². The van der Waals surface area contributed by atoms with Gasteiger partial charge in [0.15, 0.2) is 0 Å². The lowest BCUT2D eigenvalue weighted by Crippen LogP contribution is -1.97. The summed E-state index contributed by atoms with van der Waals surface area (Å²) in [6, 6.07) is 14.6. The van der Waals surface area contributed by atoms with Gasteiger partial charge < -0.3 is 10.5 Å². The highest BCUT2D eigenvalue weighted by atomic mass is 16.5. The van der Waals surface area contributed by atoms with E-state index >= 15 is 0 Å². The van der Waals surface area contributed by atoms with Gasteiger partial charge in [0.1, 0.15) is 5.75 Å². The van der Waals surface area contributed by atoms with E-state index in [1.807, 2.05) is 19.1 Å². The highest BCUT2D eigenvalue weighted by Gasteiger charge is 2.03. The first kappa shape index (κ1) is 12.7. The summed E-state index contributed by atoms with van der Waals surface area (Å²) < 4.78 is 5.45. The minimum atomic E-state index is 0.574. The van der Waals surface area contributed by atoms with Crippen molar-refractivity contribution in [3.8, 4) is 16.9 Å². The molecule has 0 radical (unpaired) electrons. The molecule has 18 heavy (non-hydrogen) atoms. The normalized spacial score (nSPS) is 10.4. The summed E-state index contributed by atoms with van der Waals surface area (Å²) in [6.07, 6.45) is 0. The summed E-state index contributed by atoms with van der Waals surface area (Å²) in [5, 5.41) is 0. The SMILES string of the molecule is CCOc1ccc(-c2cc(CN)ccc2C)cc1. The predicted octanol–water partition coefficient (Wildman–Crippen LogP) is 3.52. The van der Waals surface area contributed by atoms with Crippen molar-refractivity contribution >= 4 is 0 Å². The monoisotopic (exact) mass is 241 g/mol. The van der Waals surface area contributed by atoms with E-state index in [2.05, 4.69) is 37.3 Å². The Morgan fingerprint density at radius 3 is 2.39 bits per heavy atom. The Morgan fingerprint density at radius 1 is 1.06 bits per heavy atom. The van der Waals surface area contributed by atoms with Crippen LogP contribution in [0.5, 0.6) is 5.75 Å². The molecule has 2 nitrogen and oxygen atoms in total. The first-order chi connectivity index (χ1) is 8.74. The van der Waals surface area contributed by atoms with Gasteiger partial charge in [0.2, 0.25) is 0 Å². The van der Waals surface area contributed by atoms with E-state index in [-0.39, 0.29) is 0 Å². The van der Waals surface area contributed by atoms with E-state index in [1.54, 1.807) is 0 Å². The van der Waals surface area contributed by atoms with Crippen molar-refractivity contribution in [2.45, 2.75) is 20.4 Å². The van der Waals surface area contributed by atoms with Crippen LogP contribution in [0.25, 0.3) is 11.1 Å². The lowest BCUT2D eigenvalue weighted by Gasteiger charge is -2.09. The molecular formula is C16H19NO. The largest absolute Gasteiger partial charge is 0.494 e. The Labute approximate surface area is 108 Å². The van der Waals surface area contributed by atoms with Crippen LogP contribution >= 0.6 is 0 Å². The summed E-state index contributed by atoms with van der Waals surface area (Å²) in [6.45, 7) is 5.38. The van der Waals surface area contributed by atoms with Crippen LogP contribution in [0.1, 0.15) is 18.1 Å². The molecule has 0 saturated heterocycles. The fraction of sp³-hybridized carbons (Fsp3) is 0.250. The number of hydrogen-bond donors (Lipinski definition) is 1. The van der Waals surface area contributed by atoms with Gasteiger partial charge in [0.25, 0.3) is 0 Å². The third kappa shape index (κ3) is 2.71. The van der Waals surface area contributed by atoms with Gasteiger partial charge in [0, 0.05) is 6.54 Å². The molecule has 0 aromatic heterocycles. The minimum absolute atomic E-state index is 0.574. The van der Waals surface area contributed by atoms with E-state index in [0.717, 1.165) is 11.3 Å². The van der Waals surface area contributed by atoms with E-state index in [9.17, 15) is 0 Å². The topological polar surface area (TPSA) is 35.2 Å². The zero-order chi connectivity index (χ0) is 13.0.